The van der Waals surface area contributed by atoms with E-state index in [1.54, 1.807) is 14.0 Å². The number of likely N-dealkylation sites (tertiary alicyclic amines) is 1. The van der Waals surface area contributed by atoms with Gasteiger partial charge in [-0.2, -0.15) is 0 Å². The van der Waals surface area contributed by atoms with Crippen LogP contribution in [0.3, 0.4) is 0 Å². The molecule has 0 radical (unpaired) electrons. The molecule has 3 nitrogen and oxygen atoms in total. The molecule has 1 atom stereocenters. The van der Waals surface area contributed by atoms with Gasteiger partial charge in [-0.25, -0.2) is 0 Å². The maximum atomic E-state index is 10.1. The van der Waals surface area contributed by atoms with Crippen molar-refractivity contribution in [2.45, 2.75) is 65.0 Å². The smallest absolute Gasteiger partial charge is 0.128 e. The van der Waals surface area contributed by atoms with E-state index in [9.17, 15) is 5.11 Å². The Bertz CT molecular complexity index is 555. The average molecular weight is 340 g/mol. The first-order chi connectivity index (χ1) is 10.7. The summed E-state index contributed by atoms with van der Waals surface area (Å²) < 4.78 is 5.69. The molecule has 2 rings (SSSR count). The first kappa shape index (κ1) is 18.6. The van der Waals surface area contributed by atoms with Crippen LogP contribution in [0.25, 0.3) is 0 Å². The van der Waals surface area contributed by atoms with Gasteiger partial charge in [-0.3, -0.25) is 4.90 Å². The summed E-state index contributed by atoms with van der Waals surface area (Å²) in [5.74, 6) is 1.25. The van der Waals surface area contributed by atoms with E-state index in [0.29, 0.717) is 5.92 Å². The Kier molecular flexibility index (Phi) is 5.65. The highest BCUT2D eigenvalue weighted by Gasteiger charge is 2.31. The quantitative estimate of drug-likeness (QED) is 0.867. The van der Waals surface area contributed by atoms with Crippen LogP contribution in [0.5, 0.6) is 5.75 Å². The van der Waals surface area contributed by atoms with Crippen LogP contribution in [0.4, 0.5) is 0 Å². The van der Waals surface area contributed by atoms with Gasteiger partial charge in [0, 0.05) is 21.7 Å². The summed E-state index contributed by atoms with van der Waals surface area (Å²) in [5, 5.41) is 10.8. The van der Waals surface area contributed by atoms with Crippen LogP contribution < -0.4 is 4.74 Å². The molecule has 1 aromatic carbocycles. The van der Waals surface area contributed by atoms with E-state index in [2.05, 4.69) is 32.6 Å². The molecule has 1 N–H and O–H groups in total. The van der Waals surface area contributed by atoms with Crippen molar-refractivity contribution in [3.63, 3.8) is 0 Å². The lowest BCUT2D eigenvalue weighted by Crippen LogP contribution is -2.45. The van der Waals surface area contributed by atoms with Gasteiger partial charge in [-0.05, 0) is 78.1 Å². The molecule has 0 bridgehead atoms. The van der Waals surface area contributed by atoms with E-state index in [-0.39, 0.29) is 5.54 Å². The number of aliphatic hydroxyl groups is 1. The third kappa shape index (κ3) is 3.84. The standard InChI is InChI=1S/C19H30ClNO2/c1-12-16(20)11-15(13(2)22)18(23-6)17(12)14-7-9-21(10-8-14)19(3,4)5/h11,13-14,22H,7-10H2,1-6H3. The molecule has 1 aromatic rings. The second kappa shape index (κ2) is 7.00. The molecular weight excluding hydrogens is 310 g/mol. The molecule has 0 amide bonds. The number of piperidine rings is 1. The lowest BCUT2D eigenvalue weighted by molar-refractivity contribution is 0.101. The zero-order valence-electron chi connectivity index (χ0n) is 15.2. The molecule has 1 fully saturated rings. The topological polar surface area (TPSA) is 32.7 Å². The van der Waals surface area contributed by atoms with Gasteiger partial charge in [-0.1, -0.05) is 11.6 Å². The largest absolute Gasteiger partial charge is 0.496 e. The molecule has 130 valence electrons. The second-order valence-electron chi connectivity index (χ2n) is 7.63. The molecule has 4 heteroatoms. The maximum absolute atomic E-state index is 10.1. The van der Waals surface area contributed by atoms with E-state index >= 15 is 0 Å². The van der Waals surface area contributed by atoms with Crippen molar-refractivity contribution in [1.82, 2.24) is 4.90 Å². The fraction of sp³-hybridized carbons (Fsp3) is 0.684. The summed E-state index contributed by atoms with van der Waals surface area (Å²) >= 11 is 6.44. The average Bonchev–Trinajstić information content (AvgIpc) is 2.48. The van der Waals surface area contributed by atoms with Crippen molar-refractivity contribution in [1.29, 1.82) is 0 Å². The Morgan fingerprint density at radius 1 is 1.30 bits per heavy atom. The maximum Gasteiger partial charge on any atom is 0.128 e. The monoisotopic (exact) mass is 339 g/mol. The SMILES string of the molecule is COc1c(C(C)O)cc(Cl)c(C)c1C1CCN(C(C)(C)C)CC1. The van der Waals surface area contributed by atoms with Crippen molar-refractivity contribution < 1.29 is 9.84 Å². The lowest BCUT2D eigenvalue weighted by Gasteiger charge is -2.41. The summed E-state index contributed by atoms with van der Waals surface area (Å²) in [6.45, 7) is 12.8. The van der Waals surface area contributed by atoms with Gasteiger partial charge in [-0.15, -0.1) is 0 Å². The first-order valence-corrected chi connectivity index (χ1v) is 8.84. The van der Waals surface area contributed by atoms with E-state index < -0.39 is 6.10 Å². The Morgan fingerprint density at radius 2 is 1.87 bits per heavy atom. The number of methoxy groups -OCH3 is 1. The Labute approximate surface area is 145 Å². The highest BCUT2D eigenvalue weighted by molar-refractivity contribution is 6.31. The van der Waals surface area contributed by atoms with Gasteiger partial charge in [0.25, 0.3) is 0 Å². The van der Waals surface area contributed by atoms with Crippen LogP contribution in [-0.2, 0) is 0 Å². The van der Waals surface area contributed by atoms with E-state index in [4.69, 9.17) is 16.3 Å². The summed E-state index contributed by atoms with van der Waals surface area (Å²) in [7, 11) is 1.68. The molecule has 1 saturated heterocycles. The van der Waals surface area contributed by atoms with Crippen molar-refractivity contribution in [2.75, 3.05) is 20.2 Å². The van der Waals surface area contributed by atoms with Gasteiger partial charge in [0.1, 0.15) is 5.75 Å². The number of aliphatic hydroxyl groups excluding tert-OH is 1. The number of hydrogen-bond donors (Lipinski definition) is 1. The predicted octanol–water partition coefficient (Wildman–Crippen LogP) is 4.69. The number of nitrogens with zero attached hydrogens (tertiary/aromatic N) is 1. The van der Waals surface area contributed by atoms with Crippen LogP contribution >= 0.6 is 11.6 Å². The lowest BCUT2D eigenvalue weighted by atomic mass is 9.83. The van der Waals surface area contributed by atoms with Crippen LogP contribution in [-0.4, -0.2) is 35.7 Å². The second-order valence-corrected chi connectivity index (χ2v) is 8.03. The molecule has 0 aromatic heterocycles. The molecule has 0 aliphatic carbocycles. The molecule has 0 spiro atoms. The highest BCUT2D eigenvalue weighted by atomic mass is 35.5. The highest BCUT2D eigenvalue weighted by Crippen LogP contribution is 2.43. The predicted molar refractivity (Wildman–Crippen MR) is 96.7 cm³/mol. The van der Waals surface area contributed by atoms with Crippen molar-refractivity contribution in [2.24, 2.45) is 0 Å². The van der Waals surface area contributed by atoms with Crippen molar-refractivity contribution in [3.8, 4) is 5.75 Å². The molecule has 0 saturated carbocycles. The third-order valence-electron chi connectivity index (χ3n) is 5.06. The minimum absolute atomic E-state index is 0.212. The van der Waals surface area contributed by atoms with Gasteiger partial charge in [0.2, 0.25) is 0 Å². The van der Waals surface area contributed by atoms with Gasteiger partial charge in [0.15, 0.2) is 0 Å². The fourth-order valence-electron chi connectivity index (χ4n) is 3.63. The zero-order valence-corrected chi connectivity index (χ0v) is 16.0. The molecule has 1 unspecified atom stereocenters. The number of hydrogen-bond acceptors (Lipinski definition) is 3. The van der Waals surface area contributed by atoms with E-state index in [1.807, 2.05) is 6.07 Å². The summed E-state index contributed by atoms with van der Waals surface area (Å²) in [6, 6.07) is 1.84. The Balaban J connectivity index is 2.37. The van der Waals surface area contributed by atoms with Gasteiger partial charge in [0.05, 0.1) is 13.2 Å². The number of halogens is 1. The summed E-state index contributed by atoms with van der Waals surface area (Å²) in [5.41, 5.74) is 3.27. The molecule has 23 heavy (non-hydrogen) atoms. The van der Waals surface area contributed by atoms with E-state index in [0.717, 1.165) is 47.8 Å². The Hall–Kier alpha value is -0.770. The van der Waals surface area contributed by atoms with Crippen LogP contribution in [0.15, 0.2) is 6.07 Å². The van der Waals surface area contributed by atoms with E-state index in [1.165, 1.54) is 5.56 Å². The van der Waals surface area contributed by atoms with Crippen LogP contribution in [0, 0.1) is 6.92 Å². The first-order valence-electron chi connectivity index (χ1n) is 8.46. The number of benzene rings is 1. The van der Waals surface area contributed by atoms with Crippen molar-refractivity contribution >= 4 is 11.6 Å². The Morgan fingerprint density at radius 3 is 2.30 bits per heavy atom. The minimum atomic E-state index is -0.587. The summed E-state index contributed by atoms with van der Waals surface area (Å²) in [6.07, 6.45) is 1.60. The van der Waals surface area contributed by atoms with Crippen LogP contribution in [0.1, 0.15) is 69.2 Å². The zero-order chi connectivity index (χ0) is 17.4. The number of ether oxygens (including phenoxy) is 1. The minimum Gasteiger partial charge on any atom is -0.496 e. The fourth-order valence-corrected chi connectivity index (χ4v) is 3.85. The molecule has 1 aliphatic rings. The molecular formula is C19H30ClNO2. The third-order valence-corrected chi connectivity index (χ3v) is 5.45. The molecule has 1 heterocycles. The summed E-state index contributed by atoms with van der Waals surface area (Å²) in [4.78, 5) is 2.53. The molecule has 1 aliphatic heterocycles. The van der Waals surface area contributed by atoms with Gasteiger partial charge < -0.3 is 9.84 Å². The van der Waals surface area contributed by atoms with Gasteiger partial charge >= 0.3 is 0 Å². The number of rotatable bonds is 3. The normalized spacial score (nSPS) is 19.0. The van der Waals surface area contributed by atoms with Crippen molar-refractivity contribution in [3.05, 3.63) is 27.8 Å². The van der Waals surface area contributed by atoms with Crippen LogP contribution in [0.2, 0.25) is 5.02 Å².